The van der Waals surface area contributed by atoms with Crippen LogP contribution in [0.15, 0.2) is 18.2 Å². The zero-order valence-electron chi connectivity index (χ0n) is 7.92. The first-order valence-electron chi connectivity index (χ1n) is 4.63. The van der Waals surface area contributed by atoms with Crippen molar-refractivity contribution in [1.82, 2.24) is 0 Å². The van der Waals surface area contributed by atoms with Crippen LogP contribution in [0.4, 0.5) is 0 Å². The number of rotatable bonds is 1. The van der Waals surface area contributed by atoms with Crippen molar-refractivity contribution in [3.05, 3.63) is 28.8 Å². The van der Waals surface area contributed by atoms with E-state index in [0.29, 0.717) is 10.8 Å². The second-order valence-corrected chi connectivity index (χ2v) is 3.89. The molecular weight excluding hydrogens is 200 g/mol. The van der Waals surface area contributed by atoms with Gasteiger partial charge in [-0.25, -0.2) is 0 Å². The van der Waals surface area contributed by atoms with Crippen LogP contribution < -0.4 is 4.74 Å². The predicted octanol–water partition coefficient (Wildman–Crippen LogP) is 2.62. The molecule has 74 valence electrons. The zero-order valence-corrected chi connectivity index (χ0v) is 8.67. The first kappa shape index (κ1) is 9.53. The van der Waals surface area contributed by atoms with Gasteiger partial charge in [0, 0.05) is 0 Å². The van der Waals surface area contributed by atoms with Gasteiger partial charge in [0.25, 0.3) is 0 Å². The minimum absolute atomic E-state index is 0.0653. The smallest absolute Gasteiger partial charge is 0.170 e. The van der Waals surface area contributed by atoms with E-state index >= 15 is 0 Å². The van der Waals surface area contributed by atoms with Crippen LogP contribution in [0.5, 0.6) is 5.75 Å². The third-order valence-electron chi connectivity index (χ3n) is 2.44. The van der Waals surface area contributed by atoms with Crippen LogP contribution in [0.25, 0.3) is 0 Å². The Kier molecular flexibility index (Phi) is 2.46. The highest BCUT2D eigenvalue weighted by atomic mass is 35.5. The summed E-state index contributed by atoms with van der Waals surface area (Å²) >= 11 is 5.98. The number of halogens is 1. The second kappa shape index (κ2) is 3.62. The summed E-state index contributed by atoms with van der Waals surface area (Å²) in [6, 6.07) is 5.67. The number of ether oxygens (including phenoxy) is 1. The Morgan fingerprint density at radius 3 is 3.07 bits per heavy atom. The van der Waals surface area contributed by atoms with Gasteiger partial charge in [-0.1, -0.05) is 23.7 Å². The van der Waals surface area contributed by atoms with E-state index in [1.807, 2.05) is 12.1 Å². The van der Waals surface area contributed by atoms with Crippen molar-refractivity contribution >= 4 is 17.4 Å². The number of carbonyl (C=O) groups excluding carboxylic acids is 1. The van der Waals surface area contributed by atoms with Gasteiger partial charge in [-0.2, -0.15) is 0 Å². The van der Waals surface area contributed by atoms with Crippen LogP contribution in [0, 0.1) is 0 Å². The summed E-state index contributed by atoms with van der Waals surface area (Å²) in [5, 5.41) is 0.591. The van der Waals surface area contributed by atoms with Gasteiger partial charge < -0.3 is 4.74 Å². The number of fused-ring (bicyclic) bond motifs is 1. The van der Waals surface area contributed by atoms with Crippen LogP contribution in [0.3, 0.4) is 0 Å². The molecule has 0 bridgehead atoms. The SMILES string of the molecule is CC(=O)C1CCc2cccc(Cl)c2O1. The molecule has 0 aliphatic carbocycles. The zero-order chi connectivity index (χ0) is 10.1. The fraction of sp³-hybridized carbons (Fsp3) is 0.364. The molecule has 1 aromatic rings. The molecule has 0 fully saturated rings. The van der Waals surface area contributed by atoms with Crippen LogP contribution in [0.2, 0.25) is 5.02 Å². The lowest BCUT2D eigenvalue weighted by Crippen LogP contribution is -2.29. The number of hydrogen-bond acceptors (Lipinski definition) is 2. The molecule has 2 nitrogen and oxygen atoms in total. The Labute approximate surface area is 87.8 Å². The average Bonchev–Trinajstić information content (AvgIpc) is 2.18. The van der Waals surface area contributed by atoms with Crippen molar-refractivity contribution in [1.29, 1.82) is 0 Å². The van der Waals surface area contributed by atoms with E-state index in [1.54, 1.807) is 13.0 Å². The van der Waals surface area contributed by atoms with Gasteiger partial charge in [0.1, 0.15) is 5.75 Å². The van der Waals surface area contributed by atoms with Gasteiger partial charge in [0.15, 0.2) is 11.9 Å². The van der Waals surface area contributed by atoms with E-state index in [1.165, 1.54) is 0 Å². The molecule has 3 heteroatoms. The number of carbonyl (C=O) groups is 1. The number of benzene rings is 1. The average molecular weight is 211 g/mol. The standard InChI is InChI=1S/C11H11ClO2/c1-7(13)10-6-5-8-3-2-4-9(12)11(8)14-10/h2-4,10H,5-6H2,1H3. The summed E-state index contributed by atoms with van der Waals surface area (Å²) in [6.07, 6.45) is 1.30. The largest absolute Gasteiger partial charge is 0.481 e. The van der Waals surface area contributed by atoms with Gasteiger partial charge in [-0.15, -0.1) is 0 Å². The molecule has 0 amide bonds. The molecule has 0 saturated carbocycles. The summed E-state index contributed by atoms with van der Waals surface area (Å²) < 4.78 is 5.54. The minimum Gasteiger partial charge on any atom is -0.481 e. The second-order valence-electron chi connectivity index (χ2n) is 3.48. The maximum absolute atomic E-state index is 11.2. The Bertz CT molecular complexity index is 374. The van der Waals surface area contributed by atoms with Gasteiger partial charge >= 0.3 is 0 Å². The lowest BCUT2D eigenvalue weighted by Gasteiger charge is -2.24. The molecule has 14 heavy (non-hydrogen) atoms. The molecule has 1 atom stereocenters. The molecule has 0 aromatic heterocycles. The predicted molar refractivity (Wildman–Crippen MR) is 54.9 cm³/mol. The number of hydrogen-bond donors (Lipinski definition) is 0. The summed E-state index contributed by atoms with van der Waals surface area (Å²) in [7, 11) is 0. The van der Waals surface area contributed by atoms with Crippen molar-refractivity contribution < 1.29 is 9.53 Å². The van der Waals surface area contributed by atoms with Crippen molar-refractivity contribution in [3.8, 4) is 5.75 Å². The molecule has 1 aliphatic rings. The fourth-order valence-electron chi connectivity index (χ4n) is 1.66. The monoisotopic (exact) mass is 210 g/mol. The molecule has 0 saturated heterocycles. The summed E-state index contributed by atoms with van der Waals surface area (Å²) in [6.45, 7) is 1.55. The molecule has 2 rings (SSSR count). The van der Waals surface area contributed by atoms with Crippen molar-refractivity contribution in [2.45, 2.75) is 25.9 Å². The van der Waals surface area contributed by atoms with E-state index in [2.05, 4.69) is 0 Å². The number of ketones is 1. The normalized spacial score (nSPS) is 19.7. The number of aryl methyl sites for hydroxylation is 1. The first-order chi connectivity index (χ1) is 6.68. The Hall–Kier alpha value is -1.02. The van der Waals surface area contributed by atoms with E-state index in [0.717, 1.165) is 18.4 Å². The molecule has 1 heterocycles. The van der Waals surface area contributed by atoms with Crippen LogP contribution in [-0.2, 0) is 11.2 Å². The molecular formula is C11H11ClO2. The molecule has 0 N–H and O–H groups in total. The third-order valence-corrected chi connectivity index (χ3v) is 2.74. The van der Waals surface area contributed by atoms with E-state index in [9.17, 15) is 4.79 Å². The van der Waals surface area contributed by atoms with Gasteiger partial charge in [0.05, 0.1) is 5.02 Å². The fourth-order valence-corrected chi connectivity index (χ4v) is 1.90. The maximum Gasteiger partial charge on any atom is 0.170 e. The van der Waals surface area contributed by atoms with Crippen LogP contribution in [0.1, 0.15) is 18.9 Å². The lowest BCUT2D eigenvalue weighted by molar-refractivity contribution is -0.124. The quantitative estimate of drug-likeness (QED) is 0.712. The van der Waals surface area contributed by atoms with Crippen LogP contribution >= 0.6 is 11.6 Å². The van der Waals surface area contributed by atoms with Crippen LogP contribution in [-0.4, -0.2) is 11.9 Å². The molecule has 1 aliphatic heterocycles. The lowest BCUT2D eigenvalue weighted by atomic mass is 10.0. The maximum atomic E-state index is 11.2. The van der Waals surface area contributed by atoms with Crippen molar-refractivity contribution in [2.75, 3.05) is 0 Å². The first-order valence-corrected chi connectivity index (χ1v) is 5.01. The van der Waals surface area contributed by atoms with Gasteiger partial charge in [0.2, 0.25) is 0 Å². The highest BCUT2D eigenvalue weighted by Crippen LogP contribution is 2.34. The van der Waals surface area contributed by atoms with E-state index < -0.39 is 0 Å². The van der Waals surface area contributed by atoms with Crippen molar-refractivity contribution in [2.24, 2.45) is 0 Å². The van der Waals surface area contributed by atoms with Gasteiger partial charge in [-0.05, 0) is 31.4 Å². The summed E-state index contributed by atoms with van der Waals surface area (Å²) in [4.78, 5) is 11.2. The highest BCUT2D eigenvalue weighted by Gasteiger charge is 2.24. The number of para-hydroxylation sites is 1. The molecule has 0 radical (unpaired) electrons. The Morgan fingerprint density at radius 1 is 1.57 bits per heavy atom. The van der Waals surface area contributed by atoms with Crippen molar-refractivity contribution in [3.63, 3.8) is 0 Å². The molecule has 0 spiro atoms. The van der Waals surface area contributed by atoms with Gasteiger partial charge in [-0.3, -0.25) is 4.79 Å². The summed E-state index contributed by atoms with van der Waals surface area (Å²) in [5.41, 5.74) is 1.09. The summed E-state index contributed by atoms with van der Waals surface area (Å²) in [5.74, 6) is 0.746. The molecule has 1 aromatic carbocycles. The third kappa shape index (κ3) is 1.62. The molecule has 1 unspecified atom stereocenters. The minimum atomic E-state index is -0.317. The Balaban J connectivity index is 2.33. The van der Waals surface area contributed by atoms with E-state index in [-0.39, 0.29) is 11.9 Å². The topological polar surface area (TPSA) is 26.3 Å². The Morgan fingerprint density at radius 2 is 2.36 bits per heavy atom. The number of Topliss-reactive ketones (excluding diaryl/α,β-unsaturated/α-hetero) is 1. The highest BCUT2D eigenvalue weighted by molar-refractivity contribution is 6.32. The van der Waals surface area contributed by atoms with E-state index in [4.69, 9.17) is 16.3 Å².